The van der Waals surface area contributed by atoms with Gasteiger partial charge in [0.1, 0.15) is 6.04 Å². The van der Waals surface area contributed by atoms with E-state index in [4.69, 9.17) is 4.74 Å². The Hall–Kier alpha value is -2.75. The molecule has 2 heterocycles. The van der Waals surface area contributed by atoms with Crippen molar-refractivity contribution in [3.8, 4) is 0 Å². The maximum absolute atomic E-state index is 13.7. The Morgan fingerprint density at radius 3 is 2.44 bits per heavy atom. The molecule has 36 heavy (non-hydrogen) atoms. The van der Waals surface area contributed by atoms with E-state index in [0.29, 0.717) is 31.2 Å². The molecule has 1 aliphatic rings. The SMILES string of the molecule is CCC(C)(C)NC(=O)[C@H](c1ccc(C)cc1)N(CCN1CCOCC1)C(=O)CNC(=O)c1cccs1. The largest absolute Gasteiger partial charge is 0.379 e. The van der Waals surface area contributed by atoms with Gasteiger partial charge in [0.25, 0.3) is 5.91 Å². The van der Waals surface area contributed by atoms with Gasteiger partial charge in [-0.3, -0.25) is 19.3 Å². The highest BCUT2D eigenvalue weighted by Gasteiger charge is 2.34. The molecule has 1 aromatic carbocycles. The smallest absolute Gasteiger partial charge is 0.261 e. The van der Waals surface area contributed by atoms with Gasteiger partial charge in [-0.05, 0) is 44.2 Å². The van der Waals surface area contributed by atoms with Crippen LogP contribution < -0.4 is 10.6 Å². The average molecular weight is 515 g/mol. The summed E-state index contributed by atoms with van der Waals surface area (Å²) in [5, 5.41) is 7.68. The van der Waals surface area contributed by atoms with Crippen molar-refractivity contribution in [2.45, 2.75) is 45.7 Å². The quantitative estimate of drug-likeness (QED) is 0.481. The molecule has 0 bridgehead atoms. The zero-order valence-corrected chi connectivity index (χ0v) is 22.5. The molecule has 3 rings (SSSR count). The highest BCUT2D eigenvalue weighted by Crippen LogP contribution is 2.24. The number of hydrogen-bond acceptors (Lipinski definition) is 6. The summed E-state index contributed by atoms with van der Waals surface area (Å²) in [6, 6.07) is 10.4. The summed E-state index contributed by atoms with van der Waals surface area (Å²) in [5.41, 5.74) is 1.39. The molecule has 2 N–H and O–H groups in total. The molecule has 0 aliphatic carbocycles. The summed E-state index contributed by atoms with van der Waals surface area (Å²) in [6.07, 6.45) is 0.748. The number of rotatable bonds is 11. The second-order valence-electron chi connectivity index (χ2n) is 9.74. The van der Waals surface area contributed by atoms with Crippen molar-refractivity contribution in [2.75, 3.05) is 45.9 Å². The predicted molar refractivity (Wildman–Crippen MR) is 142 cm³/mol. The van der Waals surface area contributed by atoms with Crippen molar-refractivity contribution in [3.05, 3.63) is 57.8 Å². The minimum absolute atomic E-state index is 0.188. The zero-order valence-electron chi connectivity index (χ0n) is 21.7. The number of carbonyl (C=O) groups excluding carboxylic acids is 3. The third-order valence-electron chi connectivity index (χ3n) is 6.52. The number of aryl methyl sites for hydroxylation is 1. The molecular weight excluding hydrogens is 476 g/mol. The van der Waals surface area contributed by atoms with Gasteiger partial charge in [0.15, 0.2) is 0 Å². The van der Waals surface area contributed by atoms with Crippen LogP contribution in [-0.2, 0) is 14.3 Å². The standard InChI is InChI=1S/C27H38N4O4S/c1-5-27(3,4)29-26(34)24(21-10-8-20(2)9-11-21)31(13-12-30-14-16-35-17-15-30)23(32)19-28-25(33)22-7-6-18-36-22/h6-11,18,24H,5,12-17,19H2,1-4H3,(H,28,33)(H,29,34)/t24-/m0/s1. The number of benzene rings is 1. The molecule has 1 saturated heterocycles. The molecule has 0 unspecified atom stereocenters. The molecule has 196 valence electrons. The number of morpholine rings is 1. The van der Waals surface area contributed by atoms with Crippen molar-refractivity contribution in [1.82, 2.24) is 20.4 Å². The Bertz CT molecular complexity index is 1000. The highest BCUT2D eigenvalue weighted by atomic mass is 32.1. The van der Waals surface area contributed by atoms with Crippen LogP contribution in [0.4, 0.5) is 0 Å². The number of thiophene rings is 1. The predicted octanol–water partition coefficient (Wildman–Crippen LogP) is 2.99. The Balaban J connectivity index is 1.87. The van der Waals surface area contributed by atoms with Crippen molar-refractivity contribution < 1.29 is 19.1 Å². The van der Waals surface area contributed by atoms with Crippen LogP contribution in [0.25, 0.3) is 0 Å². The molecule has 3 amide bonds. The summed E-state index contributed by atoms with van der Waals surface area (Å²) in [6.45, 7) is 11.6. The van der Waals surface area contributed by atoms with Crippen LogP contribution in [0.3, 0.4) is 0 Å². The molecular formula is C27H38N4O4S. The lowest BCUT2D eigenvalue weighted by Gasteiger charge is -2.36. The topological polar surface area (TPSA) is 91.0 Å². The maximum Gasteiger partial charge on any atom is 0.261 e. The van der Waals surface area contributed by atoms with E-state index in [0.717, 1.165) is 30.6 Å². The van der Waals surface area contributed by atoms with E-state index in [1.54, 1.807) is 17.0 Å². The fourth-order valence-corrected chi connectivity index (χ4v) is 4.58. The third-order valence-corrected chi connectivity index (χ3v) is 7.39. The van der Waals surface area contributed by atoms with Gasteiger partial charge >= 0.3 is 0 Å². The van der Waals surface area contributed by atoms with Crippen molar-refractivity contribution in [3.63, 3.8) is 0 Å². The molecule has 1 aromatic heterocycles. The lowest BCUT2D eigenvalue weighted by atomic mass is 9.98. The van der Waals surface area contributed by atoms with Crippen LogP contribution in [0.5, 0.6) is 0 Å². The molecule has 0 radical (unpaired) electrons. The molecule has 9 heteroatoms. The van der Waals surface area contributed by atoms with Gasteiger partial charge in [-0.2, -0.15) is 0 Å². The summed E-state index contributed by atoms with van der Waals surface area (Å²) in [4.78, 5) is 44.2. The second kappa shape index (κ2) is 13.0. The van der Waals surface area contributed by atoms with E-state index in [1.807, 2.05) is 57.3 Å². The Labute approximate surface area is 218 Å². The molecule has 1 fully saturated rings. The van der Waals surface area contributed by atoms with Gasteiger partial charge in [0.05, 0.1) is 24.6 Å². The van der Waals surface area contributed by atoms with E-state index < -0.39 is 11.6 Å². The van der Waals surface area contributed by atoms with Gasteiger partial charge in [-0.1, -0.05) is 42.8 Å². The Morgan fingerprint density at radius 1 is 1.14 bits per heavy atom. The summed E-state index contributed by atoms with van der Waals surface area (Å²) in [7, 11) is 0. The van der Waals surface area contributed by atoms with Crippen LogP contribution >= 0.6 is 11.3 Å². The Kier molecular flexibility index (Phi) is 10.0. The van der Waals surface area contributed by atoms with Gasteiger partial charge in [0.2, 0.25) is 11.8 Å². The van der Waals surface area contributed by atoms with Gasteiger partial charge in [-0.15, -0.1) is 11.3 Å². The average Bonchev–Trinajstić information content (AvgIpc) is 3.41. The molecule has 8 nitrogen and oxygen atoms in total. The lowest BCUT2D eigenvalue weighted by molar-refractivity contribution is -0.141. The maximum atomic E-state index is 13.7. The van der Waals surface area contributed by atoms with Crippen LogP contribution in [0.15, 0.2) is 41.8 Å². The van der Waals surface area contributed by atoms with Gasteiger partial charge < -0.3 is 20.3 Å². The number of ether oxygens (including phenoxy) is 1. The van der Waals surface area contributed by atoms with E-state index in [9.17, 15) is 14.4 Å². The van der Waals surface area contributed by atoms with Gasteiger partial charge in [-0.25, -0.2) is 0 Å². The molecule has 1 atom stereocenters. The van der Waals surface area contributed by atoms with E-state index in [1.165, 1.54) is 11.3 Å². The van der Waals surface area contributed by atoms with E-state index in [-0.39, 0.29) is 24.3 Å². The van der Waals surface area contributed by atoms with Crippen molar-refractivity contribution >= 4 is 29.1 Å². The minimum Gasteiger partial charge on any atom is -0.379 e. The normalized spacial score (nSPS) is 15.2. The van der Waals surface area contributed by atoms with E-state index >= 15 is 0 Å². The second-order valence-corrected chi connectivity index (χ2v) is 10.7. The molecule has 2 aromatic rings. The first-order valence-electron chi connectivity index (χ1n) is 12.5. The van der Waals surface area contributed by atoms with Crippen LogP contribution in [0.1, 0.15) is 54.0 Å². The van der Waals surface area contributed by atoms with Crippen LogP contribution in [0.2, 0.25) is 0 Å². The van der Waals surface area contributed by atoms with Crippen LogP contribution in [0, 0.1) is 6.92 Å². The first-order chi connectivity index (χ1) is 17.2. The number of nitrogens with zero attached hydrogens (tertiary/aromatic N) is 2. The number of hydrogen-bond donors (Lipinski definition) is 2. The summed E-state index contributed by atoms with van der Waals surface area (Å²) in [5.74, 6) is -0.830. The number of nitrogens with one attached hydrogen (secondary N) is 2. The number of carbonyl (C=O) groups is 3. The minimum atomic E-state index is -0.816. The number of amides is 3. The molecule has 0 spiro atoms. The first-order valence-corrected chi connectivity index (χ1v) is 13.4. The first kappa shape index (κ1) is 27.8. The summed E-state index contributed by atoms with van der Waals surface area (Å²) < 4.78 is 5.45. The Morgan fingerprint density at radius 2 is 1.83 bits per heavy atom. The fraction of sp³-hybridized carbons (Fsp3) is 0.519. The summed E-state index contributed by atoms with van der Waals surface area (Å²) >= 11 is 1.32. The molecule has 0 saturated carbocycles. The zero-order chi connectivity index (χ0) is 26.1. The van der Waals surface area contributed by atoms with E-state index in [2.05, 4.69) is 15.5 Å². The van der Waals surface area contributed by atoms with Crippen molar-refractivity contribution in [2.24, 2.45) is 0 Å². The monoisotopic (exact) mass is 514 g/mol. The van der Waals surface area contributed by atoms with Gasteiger partial charge in [0, 0.05) is 31.7 Å². The third kappa shape index (κ3) is 7.88. The fourth-order valence-electron chi connectivity index (χ4n) is 3.94. The highest BCUT2D eigenvalue weighted by molar-refractivity contribution is 7.12. The molecule has 1 aliphatic heterocycles. The van der Waals surface area contributed by atoms with Crippen molar-refractivity contribution in [1.29, 1.82) is 0 Å². The lowest BCUT2D eigenvalue weighted by Crippen LogP contribution is -2.53. The van der Waals surface area contributed by atoms with Crippen LogP contribution in [-0.4, -0.2) is 79.0 Å².